The molecular weight excluding hydrogens is 288 g/mol. The van der Waals surface area contributed by atoms with Crippen LogP contribution in [0, 0.1) is 0 Å². The summed E-state index contributed by atoms with van der Waals surface area (Å²) in [6.45, 7) is 0.528. The van der Waals surface area contributed by atoms with Crippen LogP contribution in [0.2, 0.25) is 0 Å². The summed E-state index contributed by atoms with van der Waals surface area (Å²) in [6, 6.07) is 12.4. The van der Waals surface area contributed by atoms with E-state index in [1.165, 1.54) is 6.07 Å². The Balaban J connectivity index is 2.16. The lowest BCUT2D eigenvalue weighted by molar-refractivity contribution is 0.282. The second-order valence-electron chi connectivity index (χ2n) is 4.82. The van der Waals surface area contributed by atoms with Crippen molar-refractivity contribution in [3.63, 3.8) is 0 Å². The lowest BCUT2D eigenvalue weighted by Crippen LogP contribution is -2.07. The Bertz CT molecular complexity index is 725. The molecule has 4 N–H and O–H groups in total. The van der Waals surface area contributed by atoms with Gasteiger partial charge in [0.15, 0.2) is 9.84 Å². The molecule has 0 radical (unpaired) electrons. The second kappa shape index (κ2) is 6.15. The molecule has 6 heteroatoms. The molecule has 0 saturated heterocycles. The monoisotopic (exact) mass is 306 g/mol. The third-order valence-corrected chi connectivity index (χ3v) is 4.31. The highest BCUT2D eigenvalue weighted by atomic mass is 32.2. The van der Waals surface area contributed by atoms with Gasteiger partial charge in [0, 0.05) is 12.8 Å². The van der Waals surface area contributed by atoms with Crippen LogP contribution in [0.25, 0.3) is 0 Å². The third-order valence-electron chi connectivity index (χ3n) is 3.15. The molecule has 21 heavy (non-hydrogen) atoms. The molecule has 0 bridgehead atoms. The number of para-hydroxylation sites is 1. The SMILES string of the molecule is CS(=O)(=O)c1cccc(NCc2ccc(CO)cc2)c1N. The van der Waals surface area contributed by atoms with Gasteiger partial charge < -0.3 is 16.2 Å². The van der Waals surface area contributed by atoms with Crippen LogP contribution >= 0.6 is 0 Å². The number of nitrogens with two attached hydrogens (primary N) is 1. The molecule has 0 aromatic heterocycles. The Kier molecular flexibility index (Phi) is 4.50. The van der Waals surface area contributed by atoms with Gasteiger partial charge in [-0.1, -0.05) is 30.3 Å². The van der Waals surface area contributed by atoms with Crippen molar-refractivity contribution in [2.24, 2.45) is 0 Å². The maximum Gasteiger partial charge on any atom is 0.177 e. The molecule has 2 aromatic rings. The van der Waals surface area contributed by atoms with E-state index < -0.39 is 9.84 Å². The van der Waals surface area contributed by atoms with Gasteiger partial charge in [-0.2, -0.15) is 0 Å². The second-order valence-corrected chi connectivity index (χ2v) is 6.80. The Morgan fingerprint density at radius 2 is 1.71 bits per heavy atom. The first-order valence-corrected chi connectivity index (χ1v) is 8.32. The molecule has 0 heterocycles. The summed E-state index contributed by atoms with van der Waals surface area (Å²) in [6.07, 6.45) is 1.14. The van der Waals surface area contributed by atoms with Gasteiger partial charge in [0.05, 0.1) is 22.9 Å². The maximum absolute atomic E-state index is 11.6. The van der Waals surface area contributed by atoms with Gasteiger partial charge in [0.25, 0.3) is 0 Å². The van der Waals surface area contributed by atoms with E-state index in [1.807, 2.05) is 24.3 Å². The summed E-state index contributed by atoms with van der Waals surface area (Å²) < 4.78 is 23.2. The van der Waals surface area contributed by atoms with Crippen molar-refractivity contribution in [2.75, 3.05) is 17.3 Å². The number of anilines is 2. The fourth-order valence-electron chi connectivity index (χ4n) is 1.98. The highest BCUT2D eigenvalue weighted by Gasteiger charge is 2.13. The molecule has 0 aliphatic carbocycles. The smallest absolute Gasteiger partial charge is 0.177 e. The Morgan fingerprint density at radius 1 is 1.10 bits per heavy atom. The number of aliphatic hydroxyl groups is 1. The van der Waals surface area contributed by atoms with Gasteiger partial charge in [-0.3, -0.25) is 0 Å². The van der Waals surface area contributed by atoms with Crippen molar-refractivity contribution in [3.05, 3.63) is 53.6 Å². The van der Waals surface area contributed by atoms with Gasteiger partial charge in [-0.05, 0) is 23.3 Å². The minimum absolute atomic E-state index is 0.0110. The number of sulfone groups is 1. The first kappa shape index (κ1) is 15.3. The van der Waals surface area contributed by atoms with E-state index in [0.717, 1.165) is 17.4 Å². The zero-order chi connectivity index (χ0) is 15.5. The summed E-state index contributed by atoms with van der Waals surface area (Å²) >= 11 is 0. The molecule has 0 aliphatic rings. The minimum Gasteiger partial charge on any atom is -0.396 e. The van der Waals surface area contributed by atoms with Crippen LogP contribution in [-0.2, 0) is 23.0 Å². The molecule has 0 spiro atoms. The number of aliphatic hydroxyl groups excluding tert-OH is 1. The highest BCUT2D eigenvalue weighted by Crippen LogP contribution is 2.26. The van der Waals surface area contributed by atoms with E-state index in [0.29, 0.717) is 12.2 Å². The average molecular weight is 306 g/mol. The average Bonchev–Trinajstić information content (AvgIpc) is 2.45. The largest absolute Gasteiger partial charge is 0.396 e. The molecule has 0 amide bonds. The topological polar surface area (TPSA) is 92.4 Å². The minimum atomic E-state index is -3.34. The van der Waals surface area contributed by atoms with E-state index in [9.17, 15) is 8.42 Å². The molecule has 2 aromatic carbocycles. The number of hydrogen-bond donors (Lipinski definition) is 3. The highest BCUT2D eigenvalue weighted by molar-refractivity contribution is 7.90. The van der Waals surface area contributed by atoms with Crippen molar-refractivity contribution in [1.29, 1.82) is 0 Å². The molecular formula is C15H18N2O3S. The Hall–Kier alpha value is -2.05. The van der Waals surface area contributed by atoms with Crippen LogP contribution in [0.5, 0.6) is 0 Å². The van der Waals surface area contributed by atoms with Crippen LogP contribution in [0.4, 0.5) is 11.4 Å². The van der Waals surface area contributed by atoms with E-state index in [1.54, 1.807) is 12.1 Å². The van der Waals surface area contributed by atoms with Crippen molar-refractivity contribution < 1.29 is 13.5 Å². The first-order valence-electron chi connectivity index (χ1n) is 6.43. The number of rotatable bonds is 5. The number of nitrogen functional groups attached to an aromatic ring is 1. The zero-order valence-corrected chi connectivity index (χ0v) is 12.5. The normalized spacial score (nSPS) is 11.3. The predicted octanol–water partition coefficient (Wildman–Crippen LogP) is 1.78. The Morgan fingerprint density at radius 3 is 2.29 bits per heavy atom. The fraction of sp³-hybridized carbons (Fsp3) is 0.200. The zero-order valence-electron chi connectivity index (χ0n) is 11.7. The van der Waals surface area contributed by atoms with Crippen LogP contribution in [-0.4, -0.2) is 19.8 Å². The molecule has 0 aliphatic heterocycles. The van der Waals surface area contributed by atoms with Crippen LogP contribution in [0.3, 0.4) is 0 Å². The van der Waals surface area contributed by atoms with Crippen LogP contribution < -0.4 is 11.1 Å². The lowest BCUT2D eigenvalue weighted by atomic mass is 10.1. The van der Waals surface area contributed by atoms with Crippen molar-refractivity contribution in [2.45, 2.75) is 18.0 Å². The number of hydrogen-bond acceptors (Lipinski definition) is 5. The summed E-state index contributed by atoms with van der Waals surface area (Å²) in [5.74, 6) is 0. The summed E-state index contributed by atoms with van der Waals surface area (Å²) in [5, 5.41) is 12.1. The summed E-state index contributed by atoms with van der Waals surface area (Å²) in [5.41, 5.74) is 8.58. The molecule has 0 saturated carbocycles. The number of benzene rings is 2. The molecule has 112 valence electrons. The van der Waals surface area contributed by atoms with Gasteiger partial charge in [-0.15, -0.1) is 0 Å². The van der Waals surface area contributed by atoms with Crippen molar-refractivity contribution in [3.8, 4) is 0 Å². The predicted molar refractivity (Wildman–Crippen MR) is 83.7 cm³/mol. The van der Waals surface area contributed by atoms with Crippen LogP contribution in [0.1, 0.15) is 11.1 Å². The van der Waals surface area contributed by atoms with Crippen molar-refractivity contribution in [1.82, 2.24) is 0 Å². The maximum atomic E-state index is 11.6. The molecule has 0 unspecified atom stereocenters. The van der Waals surface area contributed by atoms with Gasteiger partial charge in [0.1, 0.15) is 0 Å². The molecule has 0 fully saturated rings. The van der Waals surface area contributed by atoms with Crippen molar-refractivity contribution >= 4 is 21.2 Å². The van der Waals surface area contributed by atoms with Gasteiger partial charge >= 0.3 is 0 Å². The molecule has 0 atom stereocenters. The van der Waals surface area contributed by atoms with E-state index >= 15 is 0 Å². The van der Waals surface area contributed by atoms with Gasteiger partial charge in [-0.25, -0.2) is 8.42 Å². The van der Waals surface area contributed by atoms with Gasteiger partial charge in [0.2, 0.25) is 0 Å². The Labute approximate surface area is 124 Å². The summed E-state index contributed by atoms with van der Waals surface area (Å²) in [7, 11) is -3.34. The van der Waals surface area contributed by atoms with Crippen LogP contribution in [0.15, 0.2) is 47.4 Å². The number of nitrogens with one attached hydrogen (secondary N) is 1. The third kappa shape index (κ3) is 3.74. The molecule has 2 rings (SSSR count). The lowest BCUT2D eigenvalue weighted by Gasteiger charge is -2.12. The molecule has 5 nitrogen and oxygen atoms in total. The fourth-order valence-corrected chi connectivity index (χ4v) is 2.82. The standard InChI is InChI=1S/C15H18N2O3S/c1-21(19,20)14-4-2-3-13(15(14)16)17-9-11-5-7-12(10-18)8-6-11/h2-8,17-18H,9-10,16H2,1H3. The first-order chi connectivity index (χ1) is 9.91. The van der Waals surface area contributed by atoms with E-state index in [2.05, 4.69) is 5.32 Å². The van der Waals surface area contributed by atoms with E-state index in [4.69, 9.17) is 10.8 Å². The quantitative estimate of drug-likeness (QED) is 0.732. The summed E-state index contributed by atoms with van der Waals surface area (Å²) in [4.78, 5) is 0.128. The van der Waals surface area contributed by atoms with E-state index in [-0.39, 0.29) is 17.2 Å².